The van der Waals surface area contributed by atoms with Crippen molar-refractivity contribution in [3.8, 4) is 11.5 Å². The zero-order chi connectivity index (χ0) is 20.9. The highest BCUT2D eigenvalue weighted by Gasteiger charge is 2.22. The summed E-state index contributed by atoms with van der Waals surface area (Å²) in [5, 5.41) is 4.80. The Morgan fingerprint density at radius 2 is 2.00 bits per heavy atom. The molecule has 0 bridgehead atoms. The van der Waals surface area contributed by atoms with Crippen LogP contribution in [0.2, 0.25) is 0 Å². The highest BCUT2D eigenvalue weighted by molar-refractivity contribution is 7.99. The molecule has 1 aliphatic rings. The van der Waals surface area contributed by atoms with Crippen molar-refractivity contribution in [3.63, 3.8) is 0 Å². The maximum Gasteiger partial charge on any atom is 0.208 e. The van der Waals surface area contributed by atoms with Gasteiger partial charge in [0.1, 0.15) is 16.9 Å². The third-order valence-corrected chi connectivity index (χ3v) is 6.10. The second-order valence-electron chi connectivity index (χ2n) is 6.79. The molecule has 7 nitrogen and oxygen atoms in total. The summed E-state index contributed by atoms with van der Waals surface area (Å²) in [5.74, 6) is 2.62. The van der Waals surface area contributed by atoms with Crippen LogP contribution < -0.4 is 10.1 Å². The number of pyridine rings is 2. The number of anilines is 2. The van der Waals surface area contributed by atoms with Gasteiger partial charge in [0, 0.05) is 41.5 Å². The summed E-state index contributed by atoms with van der Waals surface area (Å²) < 4.78 is 16.3. The summed E-state index contributed by atoms with van der Waals surface area (Å²) in [4.78, 5) is 14.5. The van der Waals surface area contributed by atoms with Gasteiger partial charge in [-0.2, -0.15) is 4.37 Å². The standard InChI is InChI=1S/C22H19N5O2S2/c1-2-7-15(8-3-1)29-18-13-16(30-19-10-4-5-11-23-19)14-24-20(18)25-22-26-21(27-31-22)17-9-6-12-28-17/h1-5,7-8,10-11,13-14,17H,6,9,12H2,(H,24,25,26,27). The molecule has 1 saturated heterocycles. The Labute approximate surface area is 188 Å². The van der Waals surface area contributed by atoms with Gasteiger partial charge in [-0.1, -0.05) is 36.0 Å². The van der Waals surface area contributed by atoms with Crippen molar-refractivity contribution >= 4 is 34.2 Å². The molecular formula is C22H19N5O2S2. The van der Waals surface area contributed by atoms with E-state index in [-0.39, 0.29) is 6.10 Å². The Hall–Kier alpha value is -3.01. The minimum absolute atomic E-state index is 0.0167. The monoisotopic (exact) mass is 449 g/mol. The Morgan fingerprint density at radius 1 is 1.10 bits per heavy atom. The van der Waals surface area contributed by atoms with Gasteiger partial charge in [-0.25, -0.2) is 15.0 Å². The maximum absolute atomic E-state index is 6.14. The van der Waals surface area contributed by atoms with Crippen molar-refractivity contribution in [2.75, 3.05) is 11.9 Å². The zero-order valence-corrected chi connectivity index (χ0v) is 18.1. The lowest BCUT2D eigenvalue weighted by Gasteiger charge is -2.12. The Morgan fingerprint density at radius 3 is 2.81 bits per heavy atom. The third-order valence-electron chi connectivity index (χ3n) is 4.54. The number of nitrogens with one attached hydrogen (secondary N) is 1. The average Bonchev–Trinajstić information content (AvgIpc) is 3.49. The van der Waals surface area contributed by atoms with E-state index in [0.717, 1.165) is 40.9 Å². The number of benzene rings is 1. The van der Waals surface area contributed by atoms with Crippen molar-refractivity contribution in [1.82, 2.24) is 19.3 Å². The molecule has 4 heterocycles. The van der Waals surface area contributed by atoms with Crippen LogP contribution >= 0.6 is 23.3 Å². The quantitative estimate of drug-likeness (QED) is 0.375. The van der Waals surface area contributed by atoms with Gasteiger partial charge in [-0.15, -0.1) is 0 Å². The molecule has 1 aromatic carbocycles. The van der Waals surface area contributed by atoms with Crippen molar-refractivity contribution in [1.29, 1.82) is 0 Å². The first-order valence-electron chi connectivity index (χ1n) is 9.87. The van der Waals surface area contributed by atoms with E-state index in [1.54, 1.807) is 12.4 Å². The lowest BCUT2D eigenvalue weighted by molar-refractivity contribution is 0.106. The minimum Gasteiger partial charge on any atom is -0.453 e. The van der Waals surface area contributed by atoms with Gasteiger partial charge in [0.2, 0.25) is 5.13 Å². The molecule has 156 valence electrons. The number of hydrogen-bond acceptors (Lipinski definition) is 9. The van der Waals surface area contributed by atoms with Crippen LogP contribution in [-0.2, 0) is 4.74 Å². The first kappa shape index (κ1) is 19.9. The number of rotatable bonds is 7. The van der Waals surface area contributed by atoms with Gasteiger partial charge in [0.25, 0.3) is 0 Å². The normalized spacial score (nSPS) is 15.7. The van der Waals surface area contributed by atoms with Crippen molar-refractivity contribution in [2.24, 2.45) is 0 Å². The molecule has 0 saturated carbocycles. The number of nitrogens with zero attached hydrogens (tertiary/aromatic N) is 4. The molecule has 5 rings (SSSR count). The Bertz CT molecular complexity index is 1140. The molecule has 0 aliphatic carbocycles. The largest absolute Gasteiger partial charge is 0.453 e. The zero-order valence-electron chi connectivity index (χ0n) is 16.5. The van der Waals surface area contributed by atoms with Crippen LogP contribution in [0, 0.1) is 0 Å². The lowest BCUT2D eigenvalue weighted by atomic mass is 10.2. The van der Waals surface area contributed by atoms with Crippen molar-refractivity contribution in [3.05, 3.63) is 72.8 Å². The number of aromatic nitrogens is 4. The molecule has 1 atom stereocenters. The van der Waals surface area contributed by atoms with Gasteiger partial charge in [0.05, 0.1) is 0 Å². The van der Waals surface area contributed by atoms with Gasteiger partial charge in [-0.05, 0) is 37.1 Å². The van der Waals surface area contributed by atoms with E-state index >= 15 is 0 Å². The van der Waals surface area contributed by atoms with Crippen LogP contribution in [0.4, 0.5) is 10.9 Å². The Balaban J connectivity index is 1.41. The van der Waals surface area contributed by atoms with E-state index in [1.165, 1.54) is 23.3 Å². The molecule has 4 aromatic rings. The highest BCUT2D eigenvalue weighted by Crippen LogP contribution is 2.36. The van der Waals surface area contributed by atoms with Gasteiger partial charge in [-0.3, -0.25) is 0 Å². The SMILES string of the molecule is c1ccc(Oc2cc(Sc3ccccn3)cnc2Nc2nc(C3CCCO3)ns2)cc1. The highest BCUT2D eigenvalue weighted by atomic mass is 32.2. The fraction of sp³-hybridized carbons (Fsp3) is 0.182. The second-order valence-corrected chi connectivity index (χ2v) is 8.63. The first-order chi connectivity index (χ1) is 15.3. The lowest BCUT2D eigenvalue weighted by Crippen LogP contribution is -2.00. The molecule has 0 spiro atoms. The summed E-state index contributed by atoms with van der Waals surface area (Å²) >= 11 is 2.82. The molecule has 1 aliphatic heterocycles. The fourth-order valence-electron chi connectivity index (χ4n) is 3.10. The summed E-state index contributed by atoms with van der Waals surface area (Å²) in [6, 6.07) is 17.4. The summed E-state index contributed by atoms with van der Waals surface area (Å²) in [7, 11) is 0. The number of hydrogen-bond donors (Lipinski definition) is 1. The molecule has 31 heavy (non-hydrogen) atoms. The fourth-order valence-corrected chi connectivity index (χ4v) is 4.48. The van der Waals surface area contributed by atoms with Crippen LogP contribution in [0.15, 0.2) is 76.9 Å². The number of para-hydroxylation sites is 1. The van der Waals surface area contributed by atoms with E-state index in [1.807, 2.05) is 54.6 Å². The third kappa shape index (κ3) is 5.01. The first-order valence-corrected chi connectivity index (χ1v) is 11.5. The predicted octanol–water partition coefficient (Wildman–Crippen LogP) is 5.87. The van der Waals surface area contributed by atoms with Crippen molar-refractivity contribution in [2.45, 2.75) is 28.9 Å². The van der Waals surface area contributed by atoms with Crippen molar-refractivity contribution < 1.29 is 9.47 Å². The molecule has 3 aromatic heterocycles. The van der Waals surface area contributed by atoms with Crippen LogP contribution in [0.1, 0.15) is 24.8 Å². The molecule has 1 unspecified atom stereocenters. The van der Waals surface area contributed by atoms with Gasteiger partial charge >= 0.3 is 0 Å². The molecule has 0 amide bonds. The van der Waals surface area contributed by atoms with Gasteiger partial charge < -0.3 is 14.8 Å². The molecular weight excluding hydrogens is 430 g/mol. The van der Waals surface area contributed by atoms with E-state index in [0.29, 0.717) is 16.7 Å². The molecule has 1 N–H and O–H groups in total. The topological polar surface area (TPSA) is 82.1 Å². The molecule has 1 fully saturated rings. The summed E-state index contributed by atoms with van der Waals surface area (Å²) in [5.41, 5.74) is 0. The van der Waals surface area contributed by atoms with E-state index < -0.39 is 0 Å². The maximum atomic E-state index is 6.14. The summed E-state index contributed by atoms with van der Waals surface area (Å²) in [6.07, 6.45) is 5.54. The van der Waals surface area contributed by atoms with E-state index in [9.17, 15) is 0 Å². The van der Waals surface area contributed by atoms with Crippen LogP contribution in [-0.4, -0.2) is 25.9 Å². The smallest absolute Gasteiger partial charge is 0.208 e. The van der Waals surface area contributed by atoms with Gasteiger partial charge in [0.15, 0.2) is 17.4 Å². The predicted molar refractivity (Wildman–Crippen MR) is 120 cm³/mol. The van der Waals surface area contributed by atoms with Crippen LogP contribution in [0.3, 0.4) is 0 Å². The van der Waals surface area contributed by atoms with Crippen LogP contribution in [0.25, 0.3) is 0 Å². The van der Waals surface area contributed by atoms with Crippen LogP contribution in [0.5, 0.6) is 11.5 Å². The number of ether oxygens (including phenoxy) is 2. The minimum atomic E-state index is -0.0167. The van der Waals surface area contributed by atoms with E-state index in [4.69, 9.17) is 9.47 Å². The Kier molecular flexibility index (Phi) is 6.06. The molecule has 9 heteroatoms. The summed E-state index contributed by atoms with van der Waals surface area (Å²) in [6.45, 7) is 0.763. The van der Waals surface area contributed by atoms with E-state index in [2.05, 4.69) is 24.6 Å². The molecule has 0 radical (unpaired) electrons. The average molecular weight is 450 g/mol. The second kappa shape index (κ2) is 9.42.